The van der Waals surface area contributed by atoms with E-state index in [1.807, 2.05) is 13.0 Å². The fraction of sp³-hybridized carbons (Fsp3) is 0.333. The first-order valence-electron chi connectivity index (χ1n) is 4.98. The molecule has 1 amide bonds. The number of hydrogen-bond acceptors (Lipinski definition) is 2. The molecule has 0 bridgehead atoms. The summed E-state index contributed by atoms with van der Waals surface area (Å²) in [6.45, 7) is 3.60. The van der Waals surface area contributed by atoms with Crippen LogP contribution in [0.25, 0.3) is 0 Å². The number of benzene rings is 1. The fourth-order valence-corrected chi connectivity index (χ4v) is 1.48. The SMILES string of the molecule is Cc1cc(Cl)ccc1NC(=O)C(C)CC#N. The second-order valence-corrected chi connectivity index (χ2v) is 4.15. The van der Waals surface area contributed by atoms with Gasteiger partial charge in [-0.1, -0.05) is 18.5 Å². The molecule has 0 aliphatic heterocycles. The molecule has 84 valence electrons. The van der Waals surface area contributed by atoms with Crippen molar-refractivity contribution in [3.63, 3.8) is 0 Å². The summed E-state index contributed by atoms with van der Waals surface area (Å²) in [5, 5.41) is 11.9. The van der Waals surface area contributed by atoms with E-state index in [0.717, 1.165) is 11.3 Å². The first-order valence-corrected chi connectivity index (χ1v) is 5.36. The van der Waals surface area contributed by atoms with Gasteiger partial charge in [-0.15, -0.1) is 0 Å². The minimum Gasteiger partial charge on any atom is -0.326 e. The number of rotatable bonds is 3. The van der Waals surface area contributed by atoms with Gasteiger partial charge in [0.1, 0.15) is 0 Å². The van der Waals surface area contributed by atoms with Crippen LogP contribution in [0.5, 0.6) is 0 Å². The molecule has 1 N–H and O–H groups in total. The second-order valence-electron chi connectivity index (χ2n) is 3.71. The van der Waals surface area contributed by atoms with Crippen LogP contribution in [-0.4, -0.2) is 5.91 Å². The van der Waals surface area contributed by atoms with E-state index >= 15 is 0 Å². The minimum absolute atomic E-state index is 0.146. The largest absolute Gasteiger partial charge is 0.326 e. The number of nitriles is 1. The van der Waals surface area contributed by atoms with Crippen molar-refractivity contribution in [2.75, 3.05) is 5.32 Å². The molecule has 0 aromatic heterocycles. The lowest BCUT2D eigenvalue weighted by Gasteiger charge is -2.11. The third kappa shape index (κ3) is 3.25. The van der Waals surface area contributed by atoms with Crippen LogP contribution in [-0.2, 0) is 4.79 Å². The molecule has 0 saturated carbocycles. The van der Waals surface area contributed by atoms with Gasteiger partial charge in [0.05, 0.1) is 6.07 Å². The Hall–Kier alpha value is -1.53. The zero-order chi connectivity index (χ0) is 12.1. The topological polar surface area (TPSA) is 52.9 Å². The molecule has 0 heterocycles. The molecule has 4 heteroatoms. The molecule has 1 atom stereocenters. The number of amides is 1. The zero-order valence-electron chi connectivity index (χ0n) is 9.25. The third-order valence-electron chi connectivity index (χ3n) is 2.29. The average molecular weight is 237 g/mol. The monoisotopic (exact) mass is 236 g/mol. The maximum Gasteiger partial charge on any atom is 0.228 e. The summed E-state index contributed by atoms with van der Waals surface area (Å²) in [5.41, 5.74) is 1.64. The summed E-state index contributed by atoms with van der Waals surface area (Å²) in [6.07, 6.45) is 0.221. The summed E-state index contributed by atoms with van der Waals surface area (Å²) in [7, 11) is 0. The van der Waals surface area contributed by atoms with E-state index in [-0.39, 0.29) is 18.2 Å². The summed E-state index contributed by atoms with van der Waals surface area (Å²) < 4.78 is 0. The minimum atomic E-state index is -0.305. The molecule has 0 saturated heterocycles. The van der Waals surface area contributed by atoms with Crippen molar-refractivity contribution in [1.82, 2.24) is 0 Å². The van der Waals surface area contributed by atoms with Gasteiger partial charge >= 0.3 is 0 Å². The van der Waals surface area contributed by atoms with Crippen molar-refractivity contribution in [3.8, 4) is 6.07 Å². The van der Waals surface area contributed by atoms with Crippen LogP contribution < -0.4 is 5.32 Å². The van der Waals surface area contributed by atoms with Crippen molar-refractivity contribution >= 4 is 23.2 Å². The highest BCUT2D eigenvalue weighted by Gasteiger charge is 2.13. The van der Waals surface area contributed by atoms with Gasteiger partial charge in [-0.2, -0.15) is 5.26 Å². The molecule has 1 unspecified atom stereocenters. The van der Waals surface area contributed by atoms with Gasteiger partial charge in [0, 0.05) is 23.0 Å². The first kappa shape index (κ1) is 12.5. The highest BCUT2D eigenvalue weighted by atomic mass is 35.5. The number of carbonyl (C=O) groups is 1. The lowest BCUT2D eigenvalue weighted by molar-refractivity contribution is -0.119. The van der Waals surface area contributed by atoms with Crippen molar-refractivity contribution in [3.05, 3.63) is 28.8 Å². The Labute approximate surface area is 100 Å². The first-order chi connectivity index (χ1) is 7.54. The molecule has 16 heavy (non-hydrogen) atoms. The van der Waals surface area contributed by atoms with Gasteiger partial charge in [-0.3, -0.25) is 4.79 Å². The highest BCUT2D eigenvalue weighted by molar-refractivity contribution is 6.30. The van der Waals surface area contributed by atoms with E-state index in [9.17, 15) is 4.79 Å². The van der Waals surface area contributed by atoms with E-state index < -0.39 is 0 Å². The highest BCUT2D eigenvalue weighted by Crippen LogP contribution is 2.20. The summed E-state index contributed by atoms with van der Waals surface area (Å²) in [4.78, 5) is 11.6. The van der Waals surface area contributed by atoms with Gasteiger partial charge in [0.25, 0.3) is 0 Å². The van der Waals surface area contributed by atoms with Gasteiger partial charge < -0.3 is 5.32 Å². The number of aryl methyl sites for hydroxylation is 1. The Morgan fingerprint density at radius 2 is 2.31 bits per heavy atom. The predicted octanol–water partition coefficient (Wildman–Crippen LogP) is 3.14. The molecule has 0 aliphatic carbocycles. The molecule has 1 aromatic carbocycles. The lowest BCUT2D eigenvalue weighted by atomic mass is 10.1. The lowest BCUT2D eigenvalue weighted by Crippen LogP contribution is -2.20. The molecular weight excluding hydrogens is 224 g/mol. The molecule has 1 aromatic rings. The number of nitrogens with one attached hydrogen (secondary N) is 1. The Kier molecular flexibility index (Phi) is 4.33. The average Bonchev–Trinajstić information content (AvgIpc) is 2.22. The number of halogens is 1. The summed E-state index contributed by atoms with van der Waals surface area (Å²) >= 11 is 5.81. The number of hydrogen-bond donors (Lipinski definition) is 1. The normalized spacial score (nSPS) is 11.6. The van der Waals surface area contributed by atoms with Crippen LogP contribution in [0.3, 0.4) is 0 Å². The van der Waals surface area contributed by atoms with Crippen LogP contribution in [0.4, 0.5) is 5.69 Å². The van der Waals surface area contributed by atoms with E-state index in [1.165, 1.54) is 0 Å². The Balaban J connectivity index is 2.74. The van der Waals surface area contributed by atoms with Crippen LogP contribution in [0.1, 0.15) is 18.9 Å². The smallest absolute Gasteiger partial charge is 0.228 e. The number of anilines is 1. The molecule has 0 aliphatic rings. The maximum atomic E-state index is 11.6. The van der Waals surface area contributed by atoms with Crippen LogP contribution in [0, 0.1) is 24.2 Å². The van der Waals surface area contributed by atoms with Gasteiger partial charge in [-0.05, 0) is 30.7 Å². The van der Waals surface area contributed by atoms with Crippen LogP contribution in [0.2, 0.25) is 5.02 Å². The van der Waals surface area contributed by atoms with Gasteiger partial charge in [-0.25, -0.2) is 0 Å². The number of nitrogens with zero attached hydrogens (tertiary/aromatic N) is 1. The molecule has 0 fully saturated rings. The van der Waals surface area contributed by atoms with Crippen molar-refractivity contribution in [1.29, 1.82) is 5.26 Å². The molecule has 3 nitrogen and oxygen atoms in total. The Morgan fingerprint density at radius 3 is 2.88 bits per heavy atom. The molecule has 1 rings (SSSR count). The summed E-state index contributed by atoms with van der Waals surface area (Å²) in [5.74, 6) is -0.452. The van der Waals surface area contributed by atoms with E-state index in [0.29, 0.717) is 5.02 Å². The van der Waals surface area contributed by atoms with Gasteiger partial charge in [0.15, 0.2) is 0 Å². The Bertz CT molecular complexity index is 437. The predicted molar refractivity (Wildman–Crippen MR) is 64.2 cm³/mol. The standard InChI is InChI=1S/C12H13ClN2O/c1-8(5-6-14)12(16)15-11-4-3-10(13)7-9(11)2/h3-4,7-8H,5H2,1-2H3,(H,15,16). The fourth-order valence-electron chi connectivity index (χ4n) is 1.25. The quantitative estimate of drug-likeness (QED) is 0.877. The van der Waals surface area contributed by atoms with E-state index in [2.05, 4.69) is 5.32 Å². The van der Waals surface area contributed by atoms with Crippen LogP contribution >= 0.6 is 11.6 Å². The zero-order valence-corrected chi connectivity index (χ0v) is 10.0. The second kappa shape index (κ2) is 5.53. The maximum absolute atomic E-state index is 11.6. The van der Waals surface area contributed by atoms with Crippen molar-refractivity contribution < 1.29 is 4.79 Å². The van der Waals surface area contributed by atoms with Crippen molar-refractivity contribution in [2.24, 2.45) is 5.92 Å². The van der Waals surface area contributed by atoms with E-state index in [1.54, 1.807) is 25.1 Å². The summed E-state index contributed by atoms with van der Waals surface area (Å²) in [6, 6.07) is 7.24. The number of carbonyl (C=O) groups excluding carboxylic acids is 1. The Morgan fingerprint density at radius 1 is 1.62 bits per heavy atom. The van der Waals surface area contributed by atoms with E-state index in [4.69, 9.17) is 16.9 Å². The van der Waals surface area contributed by atoms with Crippen LogP contribution in [0.15, 0.2) is 18.2 Å². The van der Waals surface area contributed by atoms with Crippen molar-refractivity contribution in [2.45, 2.75) is 20.3 Å². The molecule has 0 radical (unpaired) electrons. The third-order valence-corrected chi connectivity index (χ3v) is 2.53. The molecular formula is C12H13ClN2O. The molecule has 0 spiro atoms. The van der Waals surface area contributed by atoms with Gasteiger partial charge in [0.2, 0.25) is 5.91 Å².